The molecule has 2 aliphatic rings. The first-order valence-corrected chi connectivity index (χ1v) is 14.2. The summed E-state index contributed by atoms with van der Waals surface area (Å²) in [5, 5.41) is 14.3. The number of sulfonamides is 1. The van der Waals surface area contributed by atoms with E-state index in [0.29, 0.717) is 19.1 Å². The number of carbonyl (C=O) groups excluding carboxylic acids is 2. The number of hydrogen-bond acceptors (Lipinski definition) is 7. The number of nitrogens with one attached hydrogen (secondary N) is 2. The van der Waals surface area contributed by atoms with Crippen LogP contribution < -0.4 is 10.0 Å². The minimum atomic E-state index is -3.69. The molecule has 2 fully saturated rings. The second-order valence-electron chi connectivity index (χ2n) is 9.80. The van der Waals surface area contributed by atoms with Gasteiger partial charge in [0.25, 0.3) is 11.8 Å². The molecule has 2 heterocycles. The van der Waals surface area contributed by atoms with Gasteiger partial charge in [0.15, 0.2) is 5.60 Å². The van der Waals surface area contributed by atoms with Crippen molar-refractivity contribution in [1.29, 1.82) is 0 Å². The van der Waals surface area contributed by atoms with Gasteiger partial charge < -0.3 is 15.3 Å². The molecule has 0 spiro atoms. The number of piperidine rings is 1. The third-order valence-corrected chi connectivity index (χ3v) is 7.71. The minimum absolute atomic E-state index is 0. The van der Waals surface area contributed by atoms with Crippen molar-refractivity contribution in [3.8, 4) is 0 Å². The molecule has 0 unspecified atom stereocenters. The Hall–Kier alpha value is -2.38. The third-order valence-electron chi connectivity index (χ3n) is 6.84. The SMILES string of the molecule is C[C@@](O)(C(=O)N1CCC(N2CC(Nc3ccc(C(=O)NS(C)(=O)=O)c(Cl)c3)C2)CC1)c1cccc(F)c1.S. The first kappa shape index (κ1) is 30.2. The molecule has 2 aromatic rings. The first-order valence-electron chi connectivity index (χ1n) is 11.9. The normalized spacial score (nSPS) is 18.6. The van der Waals surface area contributed by atoms with E-state index >= 15 is 0 Å². The smallest absolute Gasteiger partial charge is 0.266 e. The van der Waals surface area contributed by atoms with Crippen molar-refractivity contribution in [2.45, 2.75) is 37.5 Å². The average molecular weight is 587 g/mol. The minimum Gasteiger partial charge on any atom is -0.380 e. The number of anilines is 1. The zero-order valence-corrected chi connectivity index (χ0v) is 23.7. The van der Waals surface area contributed by atoms with Gasteiger partial charge in [0.2, 0.25) is 10.0 Å². The van der Waals surface area contributed by atoms with Crippen LogP contribution in [-0.2, 0) is 20.4 Å². The summed E-state index contributed by atoms with van der Waals surface area (Å²) in [7, 11) is -3.69. The van der Waals surface area contributed by atoms with Crippen molar-refractivity contribution in [2.75, 3.05) is 37.8 Å². The van der Waals surface area contributed by atoms with Crippen molar-refractivity contribution in [1.82, 2.24) is 14.5 Å². The lowest BCUT2D eigenvalue weighted by molar-refractivity contribution is -0.152. The molecule has 4 rings (SSSR count). The molecule has 2 aromatic carbocycles. The fourth-order valence-electron chi connectivity index (χ4n) is 4.81. The number of halogens is 2. The molecular formula is C25H32ClFN4O5S2. The number of amides is 2. The van der Waals surface area contributed by atoms with E-state index in [0.717, 1.165) is 37.9 Å². The second kappa shape index (κ2) is 11.8. The predicted molar refractivity (Wildman–Crippen MR) is 149 cm³/mol. The topological polar surface area (TPSA) is 119 Å². The molecule has 2 aliphatic heterocycles. The van der Waals surface area contributed by atoms with Gasteiger partial charge in [0, 0.05) is 37.9 Å². The summed E-state index contributed by atoms with van der Waals surface area (Å²) >= 11 is 6.19. The maximum absolute atomic E-state index is 13.6. The number of benzene rings is 2. The Kier molecular flexibility index (Phi) is 9.36. The number of hydrogen-bond donors (Lipinski definition) is 3. The molecule has 2 saturated heterocycles. The fraction of sp³-hybridized carbons (Fsp3) is 0.440. The fourth-order valence-corrected chi connectivity index (χ4v) is 5.52. The Bertz CT molecular complexity index is 1300. The monoisotopic (exact) mass is 586 g/mol. The van der Waals surface area contributed by atoms with Crippen LogP contribution in [0.25, 0.3) is 0 Å². The summed E-state index contributed by atoms with van der Waals surface area (Å²) in [6.07, 6.45) is 2.44. The Balaban J connectivity index is 0.00000400. The van der Waals surface area contributed by atoms with Crippen LogP contribution >= 0.6 is 25.1 Å². The van der Waals surface area contributed by atoms with Crippen molar-refractivity contribution >= 4 is 52.6 Å². The van der Waals surface area contributed by atoms with Crippen molar-refractivity contribution < 1.29 is 27.5 Å². The lowest BCUT2D eigenvalue weighted by atomic mass is 9.92. The molecule has 2 amide bonds. The molecule has 208 valence electrons. The molecule has 0 bridgehead atoms. The summed E-state index contributed by atoms with van der Waals surface area (Å²) in [5.41, 5.74) is -0.750. The molecule has 1 atom stereocenters. The zero-order valence-electron chi connectivity index (χ0n) is 21.1. The summed E-state index contributed by atoms with van der Waals surface area (Å²) in [6.45, 7) is 4.02. The van der Waals surface area contributed by atoms with Crippen molar-refractivity contribution in [3.63, 3.8) is 0 Å². The van der Waals surface area contributed by atoms with Gasteiger partial charge in [-0.1, -0.05) is 23.7 Å². The van der Waals surface area contributed by atoms with E-state index in [9.17, 15) is 27.5 Å². The molecule has 0 aromatic heterocycles. The standard InChI is InChI=1S/C25H30ClFN4O5S.H2S/c1-25(34,16-4-3-5-17(27)12-16)24(33)30-10-8-20(9-11-30)31-14-19(15-31)28-18-6-7-21(22(26)13-18)23(32)29-37(2,35)36;/h3-7,12-13,19-20,28,34H,8-11,14-15H2,1-2H3,(H,29,32);1H2/t25-;/m0./s1. The molecule has 38 heavy (non-hydrogen) atoms. The van der Waals surface area contributed by atoms with Crippen molar-refractivity contribution in [3.05, 3.63) is 64.4 Å². The van der Waals surface area contributed by atoms with E-state index in [1.807, 2.05) is 4.72 Å². The molecule has 0 aliphatic carbocycles. The van der Waals surface area contributed by atoms with Crippen LogP contribution in [-0.4, -0.2) is 79.7 Å². The third kappa shape index (κ3) is 6.97. The number of rotatable bonds is 7. The highest BCUT2D eigenvalue weighted by atomic mass is 35.5. The second-order valence-corrected chi connectivity index (χ2v) is 12.0. The van der Waals surface area contributed by atoms with Crippen LogP contribution in [0.15, 0.2) is 42.5 Å². The summed E-state index contributed by atoms with van der Waals surface area (Å²) in [4.78, 5) is 29.0. The summed E-state index contributed by atoms with van der Waals surface area (Å²) < 4.78 is 38.0. The largest absolute Gasteiger partial charge is 0.380 e. The van der Waals surface area contributed by atoms with E-state index in [1.54, 1.807) is 23.1 Å². The van der Waals surface area contributed by atoms with Gasteiger partial charge in [-0.2, -0.15) is 13.5 Å². The summed E-state index contributed by atoms with van der Waals surface area (Å²) in [5.74, 6) is -1.71. The highest BCUT2D eigenvalue weighted by Gasteiger charge is 2.40. The quantitative estimate of drug-likeness (QED) is 0.455. The van der Waals surface area contributed by atoms with E-state index < -0.39 is 33.3 Å². The van der Waals surface area contributed by atoms with Gasteiger partial charge in [0.05, 0.1) is 22.9 Å². The number of nitrogens with zero attached hydrogens (tertiary/aromatic N) is 2. The molecular weight excluding hydrogens is 555 g/mol. The lowest BCUT2D eigenvalue weighted by Crippen LogP contribution is -2.61. The van der Waals surface area contributed by atoms with Crippen LogP contribution in [0.1, 0.15) is 35.7 Å². The maximum atomic E-state index is 13.6. The highest BCUT2D eigenvalue weighted by Crippen LogP contribution is 2.29. The molecule has 13 heteroatoms. The van der Waals surface area contributed by atoms with Gasteiger partial charge in [-0.05, 0) is 55.7 Å². The van der Waals surface area contributed by atoms with Gasteiger partial charge in [-0.3, -0.25) is 14.5 Å². The van der Waals surface area contributed by atoms with E-state index in [2.05, 4.69) is 10.2 Å². The Morgan fingerprint density at radius 2 is 1.79 bits per heavy atom. The van der Waals surface area contributed by atoms with Crippen LogP contribution in [0.3, 0.4) is 0 Å². The zero-order chi connectivity index (χ0) is 27.0. The molecule has 0 radical (unpaired) electrons. The average Bonchev–Trinajstić information content (AvgIpc) is 2.79. The highest BCUT2D eigenvalue weighted by molar-refractivity contribution is 7.89. The van der Waals surface area contributed by atoms with Crippen LogP contribution in [0.5, 0.6) is 0 Å². The van der Waals surface area contributed by atoms with Gasteiger partial charge in [0.1, 0.15) is 5.82 Å². The number of likely N-dealkylation sites (tertiary alicyclic amines) is 2. The Labute approximate surface area is 233 Å². The van der Waals surface area contributed by atoms with Crippen LogP contribution in [0, 0.1) is 5.82 Å². The van der Waals surface area contributed by atoms with E-state index in [4.69, 9.17) is 11.6 Å². The number of aliphatic hydroxyl groups is 1. The maximum Gasteiger partial charge on any atom is 0.266 e. The van der Waals surface area contributed by atoms with Gasteiger partial charge in [-0.15, -0.1) is 0 Å². The van der Waals surface area contributed by atoms with Gasteiger partial charge >= 0.3 is 0 Å². The molecule has 9 nitrogen and oxygen atoms in total. The lowest BCUT2D eigenvalue weighted by Gasteiger charge is -2.48. The predicted octanol–water partition coefficient (Wildman–Crippen LogP) is 2.28. The van der Waals surface area contributed by atoms with Crippen LogP contribution in [0.4, 0.5) is 10.1 Å². The van der Waals surface area contributed by atoms with Crippen molar-refractivity contribution in [2.24, 2.45) is 0 Å². The first-order chi connectivity index (χ1) is 17.3. The van der Waals surface area contributed by atoms with E-state index in [1.165, 1.54) is 31.2 Å². The summed E-state index contributed by atoms with van der Waals surface area (Å²) in [6, 6.07) is 10.7. The van der Waals surface area contributed by atoms with Gasteiger partial charge in [-0.25, -0.2) is 17.5 Å². The Morgan fingerprint density at radius 3 is 2.37 bits per heavy atom. The molecule has 0 saturated carbocycles. The van der Waals surface area contributed by atoms with Crippen LogP contribution in [0.2, 0.25) is 5.02 Å². The van der Waals surface area contributed by atoms with E-state index in [-0.39, 0.29) is 35.7 Å². The number of carbonyl (C=O) groups is 2. The molecule has 3 N–H and O–H groups in total. The Morgan fingerprint density at radius 1 is 1.13 bits per heavy atom.